The Kier molecular flexibility index (Phi) is 7.21. The van der Waals surface area contributed by atoms with E-state index in [1.165, 1.54) is 6.07 Å². The molecule has 2 N–H and O–H groups in total. The molecule has 1 aliphatic heterocycles. The molecule has 38 heavy (non-hydrogen) atoms. The number of benzene rings is 2. The van der Waals surface area contributed by atoms with Gasteiger partial charge in [-0.25, -0.2) is 18.2 Å². The van der Waals surface area contributed by atoms with Crippen LogP contribution < -0.4 is 5.73 Å². The molecule has 1 aliphatic rings. The van der Waals surface area contributed by atoms with E-state index in [-0.39, 0.29) is 24.2 Å². The van der Waals surface area contributed by atoms with Gasteiger partial charge in [0, 0.05) is 37.2 Å². The Morgan fingerprint density at radius 1 is 0.947 bits per heavy atom. The Bertz CT molecular complexity index is 1360. The summed E-state index contributed by atoms with van der Waals surface area (Å²) in [6.07, 6.45) is -10.6. The number of nitrogens with zero attached hydrogens (tertiary/aromatic N) is 3. The Balaban J connectivity index is 1.61. The fraction of sp³-hybridized carbons (Fsp3) is 0.333. The smallest absolute Gasteiger partial charge is 0.335 e. The maximum atomic E-state index is 13.9. The third-order valence-corrected chi connectivity index (χ3v) is 6.11. The second-order valence-electron chi connectivity index (χ2n) is 8.76. The Morgan fingerprint density at radius 3 is 2.26 bits per heavy atom. The van der Waals surface area contributed by atoms with Crippen LogP contribution in [-0.2, 0) is 36.7 Å². The zero-order valence-electron chi connectivity index (χ0n) is 19.3. The number of imidazole rings is 1. The van der Waals surface area contributed by atoms with Crippen LogP contribution in [0.2, 0.25) is 0 Å². The van der Waals surface area contributed by atoms with Crippen molar-refractivity contribution in [3.63, 3.8) is 0 Å². The molecular formula is C24H19F9N4O. The number of amides is 1. The second-order valence-corrected chi connectivity index (χ2v) is 8.76. The number of halogens is 9. The van der Waals surface area contributed by atoms with Crippen molar-refractivity contribution < 1.29 is 44.3 Å². The summed E-state index contributed by atoms with van der Waals surface area (Å²) in [4.78, 5) is 17.5. The summed E-state index contributed by atoms with van der Waals surface area (Å²) in [7, 11) is 0. The fourth-order valence-corrected chi connectivity index (χ4v) is 4.38. The van der Waals surface area contributed by atoms with Gasteiger partial charge in [-0.1, -0.05) is 18.2 Å². The van der Waals surface area contributed by atoms with Crippen LogP contribution in [0.1, 0.15) is 29.1 Å². The largest absolute Gasteiger partial charge is 0.449 e. The number of alkyl halides is 6. The molecule has 0 fully saturated rings. The highest BCUT2D eigenvalue weighted by atomic mass is 19.4. The number of aromatic nitrogens is 2. The highest BCUT2D eigenvalue weighted by Gasteiger charge is 2.42. The van der Waals surface area contributed by atoms with Gasteiger partial charge in [-0.05, 0) is 24.1 Å². The van der Waals surface area contributed by atoms with Crippen molar-refractivity contribution in [3.8, 4) is 11.3 Å². The van der Waals surface area contributed by atoms with Crippen LogP contribution in [0.15, 0.2) is 36.4 Å². The highest BCUT2D eigenvalue weighted by molar-refractivity contribution is 5.77. The van der Waals surface area contributed by atoms with Gasteiger partial charge in [0.15, 0.2) is 11.6 Å². The van der Waals surface area contributed by atoms with Crippen LogP contribution in [-0.4, -0.2) is 32.9 Å². The quantitative estimate of drug-likeness (QED) is 0.346. The second kappa shape index (κ2) is 9.97. The monoisotopic (exact) mass is 550 g/mol. The van der Waals surface area contributed by atoms with E-state index in [1.807, 2.05) is 0 Å². The van der Waals surface area contributed by atoms with Gasteiger partial charge in [-0.3, -0.25) is 4.79 Å². The van der Waals surface area contributed by atoms with E-state index in [9.17, 15) is 44.3 Å². The van der Waals surface area contributed by atoms with Gasteiger partial charge in [-0.15, -0.1) is 0 Å². The molecule has 14 heteroatoms. The predicted octanol–water partition coefficient (Wildman–Crippen LogP) is 5.31. The molecule has 204 valence electrons. The third-order valence-electron chi connectivity index (χ3n) is 6.11. The molecule has 0 bridgehead atoms. The average molecular weight is 550 g/mol. The van der Waals surface area contributed by atoms with E-state index in [1.54, 1.807) is 0 Å². The van der Waals surface area contributed by atoms with Crippen LogP contribution in [0, 0.1) is 17.5 Å². The lowest BCUT2D eigenvalue weighted by molar-refractivity contribution is -0.148. The van der Waals surface area contributed by atoms with Gasteiger partial charge in [0.1, 0.15) is 5.82 Å². The SMILES string of the molecule is NC(CC(=O)N1CCn2c(C(F)(F)F)nc(-c3ccccc3C(F)(F)F)c2C1)Cc1cc(F)c(F)cc1F. The van der Waals surface area contributed by atoms with Crippen molar-refractivity contribution in [2.75, 3.05) is 6.54 Å². The first-order valence-electron chi connectivity index (χ1n) is 11.2. The summed E-state index contributed by atoms with van der Waals surface area (Å²) in [6.45, 7) is -1.11. The standard InChI is InChI=1S/C24H19F9N4O/c25-16-10-18(27)17(26)8-12(16)7-13(34)9-20(38)36-5-6-37-19(11-36)21(35-22(37)24(31,32)33)14-3-1-2-4-15(14)23(28,29)30/h1-4,8,10,13H,5-7,9,11,34H2. The van der Waals surface area contributed by atoms with Gasteiger partial charge >= 0.3 is 12.4 Å². The van der Waals surface area contributed by atoms with Crippen molar-refractivity contribution in [1.82, 2.24) is 14.5 Å². The minimum Gasteiger partial charge on any atom is -0.335 e. The van der Waals surface area contributed by atoms with Crippen LogP contribution in [0.5, 0.6) is 0 Å². The van der Waals surface area contributed by atoms with Gasteiger partial charge in [0.05, 0.1) is 23.5 Å². The zero-order chi connectivity index (χ0) is 28.0. The molecule has 0 saturated carbocycles. The summed E-state index contributed by atoms with van der Waals surface area (Å²) in [5.41, 5.74) is 3.06. The van der Waals surface area contributed by atoms with Gasteiger partial charge in [-0.2, -0.15) is 26.3 Å². The van der Waals surface area contributed by atoms with Crippen molar-refractivity contribution >= 4 is 5.91 Å². The number of carbonyl (C=O) groups is 1. The number of fused-ring (bicyclic) bond motifs is 1. The molecule has 2 aromatic carbocycles. The number of hydrogen-bond acceptors (Lipinski definition) is 3. The molecule has 5 nitrogen and oxygen atoms in total. The lowest BCUT2D eigenvalue weighted by Crippen LogP contribution is -2.42. The predicted molar refractivity (Wildman–Crippen MR) is 116 cm³/mol. The molecule has 0 saturated heterocycles. The molecule has 2 heterocycles. The van der Waals surface area contributed by atoms with Crippen LogP contribution in [0.3, 0.4) is 0 Å². The molecule has 0 aliphatic carbocycles. The maximum absolute atomic E-state index is 13.9. The zero-order valence-corrected chi connectivity index (χ0v) is 19.3. The van der Waals surface area contributed by atoms with Crippen molar-refractivity contribution in [2.24, 2.45) is 5.73 Å². The first kappa shape index (κ1) is 27.5. The molecule has 1 amide bonds. The van der Waals surface area contributed by atoms with E-state index in [4.69, 9.17) is 5.73 Å². The number of carbonyl (C=O) groups excluding carboxylic acids is 1. The fourth-order valence-electron chi connectivity index (χ4n) is 4.38. The van der Waals surface area contributed by atoms with Crippen LogP contribution in [0.25, 0.3) is 11.3 Å². The Hall–Kier alpha value is -3.55. The molecule has 1 atom stereocenters. The highest BCUT2D eigenvalue weighted by Crippen LogP contribution is 2.41. The minimum atomic E-state index is -4.97. The normalized spacial score (nSPS) is 14.9. The third kappa shape index (κ3) is 5.49. The Labute approximate surface area is 209 Å². The molecule has 0 spiro atoms. The number of hydrogen-bond donors (Lipinski definition) is 1. The molecule has 1 unspecified atom stereocenters. The van der Waals surface area contributed by atoms with Gasteiger partial charge in [0.2, 0.25) is 11.7 Å². The van der Waals surface area contributed by atoms with E-state index < -0.39 is 83.9 Å². The maximum Gasteiger partial charge on any atom is 0.449 e. The molecular weight excluding hydrogens is 531 g/mol. The summed E-state index contributed by atoms with van der Waals surface area (Å²) < 4.78 is 123. The lowest BCUT2D eigenvalue weighted by Gasteiger charge is -2.30. The molecule has 4 rings (SSSR count). The van der Waals surface area contributed by atoms with Crippen molar-refractivity contribution in [2.45, 2.75) is 44.3 Å². The first-order chi connectivity index (χ1) is 17.7. The summed E-state index contributed by atoms with van der Waals surface area (Å²) in [6, 6.07) is 3.92. The number of rotatable bonds is 5. The first-order valence-corrected chi connectivity index (χ1v) is 11.2. The van der Waals surface area contributed by atoms with Crippen LogP contribution >= 0.6 is 0 Å². The summed E-state index contributed by atoms with van der Waals surface area (Å²) in [5.74, 6) is -5.84. The van der Waals surface area contributed by atoms with Crippen molar-refractivity contribution in [1.29, 1.82) is 0 Å². The van der Waals surface area contributed by atoms with E-state index in [0.29, 0.717) is 12.1 Å². The Morgan fingerprint density at radius 2 is 1.61 bits per heavy atom. The summed E-state index contributed by atoms with van der Waals surface area (Å²) >= 11 is 0. The molecule has 3 aromatic rings. The van der Waals surface area contributed by atoms with Gasteiger partial charge < -0.3 is 15.2 Å². The minimum absolute atomic E-state index is 0.224. The van der Waals surface area contributed by atoms with Crippen LogP contribution in [0.4, 0.5) is 39.5 Å². The van der Waals surface area contributed by atoms with Crippen molar-refractivity contribution in [3.05, 3.63) is 76.5 Å². The van der Waals surface area contributed by atoms with Gasteiger partial charge in [0.25, 0.3) is 0 Å². The molecule has 1 aromatic heterocycles. The number of nitrogens with two attached hydrogens (primary N) is 1. The topological polar surface area (TPSA) is 64.2 Å². The summed E-state index contributed by atoms with van der Waals surface area (Å²) in [5, 5.41) is 0. The van der Waals surface area contributed by atoms with E-state index in [2.05, 4.69) is 4.98 Å². The van der Waals surface area contributed by atoms with E-state index >= 15 is 0 Å². The van der Waals surface area contributed by atoms with E-state index in [0.717, 1.165) is 27.7 Å². The average Bonchev–Trinajstić information content (AvgIpc) is 3.21. The molecule has 0 radical (unpaired) electrons. The lowest BCUT2D eigenvalue weighted by atomic mass is 10.0.